The molecule has 0 amide bonds. The molecule has 0 saturated carbocycles. The van der Waals surface area contributed by atoms with Crippen LogP contribution in [0.4, 0.5) is 0 Å². The van der Waals surface area contributed by atoms with Crippen molar-refractivity contribution in [1.82, 2.24) is 0 Å². The maximum Gasteiger partial charge on any atom is 0.0923 e. The lowest BCUT2D eigenvalue weighted by molar-refractivity contribution is 0.125. The van der Waals surface area contributed by atoms with Gasteiger partial charge in [0.05, 0.1) is 18.8 Å². The molecule has 3 atom stereocenters. The molecule has 0 aromatic rings. The Kier molecular flexibility index (Phi) is 4.53. The molecular weight excluding hydrogens is 202 g/mol. The van der Waals surface area contributed by atoms with Crippen molar-refractivity contribution < 1.29 is 10.2 Å². The molecule has 1 unspecified atom stereocenters. The monoisotopic (exact) mass is 227 g/mol. The molecule has 0 spiro atoms. The van der Waals surface area contributed by atoms with Crippen LogP contribution in [-0.4, -0.2) is 29.0 Å². The highest BCUT2D eigenvalue weighted by Gasteiger charge is 2.29. The number of aliphatic hydroxyl groups excluding tert-OH is 2. The highest BCUT2D eigenvalue weighted by molar-refractivity contribution is 5.14. The normalized spacial score (nSPS) is 26.1. The van der Waals surface area contributed by atoms with E-state index in [1.165, 1.54) is 0 Å². The molecule has 0 aromatic carbocycles. The fraction of sp³-hybridized carbons (Fsp3) is 0.846. The molecule has 1 aliphatic rings. The Bertz CT molecular complexity index is 255. The summed E-state index contributed by atoms with van der Waals surface area (Å²) in [5.74, 6) is 0.675. The molecule has 0 radical (unpaired) electrons. The molecule has 4 N–H and O–H groups in total. The van der Waals surface area contributed by atoms with E-state index in [0.29, 0.717) is 11.3 Å². The third kappa shape index (κ3) is 3.30. The number of aliphatic hydroxyl groups is 2. The van der Waals surface area contributed by atoms with E-state index >= 15 is 0 Å². The van der Waals surface area contributed by atoms with E-state index in [1.807, 2.05) is 0 Å². The van der Waals surface area contributed by atoms with Gasteiger partial charge in [0.2, 0.25) is 0 Å². The summed E-state index contributed by atoms with van der Waals surface area (Å²) in [5.41, 5.74) is 6.95. The first-order valence-electron chi connectivity index (χ1n) is 6.09. The minimum atomic E-state index is -0.675. The maximum absolute atomic E-state index is 9.88. The van der Waals surface area contributed by atoms with Crippen LogP contribution < -0.4 is 5.73 Å². The van der Waals surface area contributed by atoms with Crippen LogP contribution in [0.1, 0.15) is 40.0 Å². The third-order valence-corrected chi connectivity index (χ3v) is 3.67. The minimum absolute atomic E-state index is 0.165. The summed E-state index contributed by atoms with van der Waals surface area (Å²) in [4.78, 5) is 0. The second kappa shape index (κ2) is 5.30. The molecule has 16 heavy (non-hydrogen) atoms. The van der Waals surface area contributed by atoms with E-state index in [9.17, 15) is 5.11 Å². The van der Waals surface area contributed by atoms with Crippen molar-refractivity contribution in [3.05, 3.63) is 11.6 Å². The first-order chi connectivity index (χ1) is 7.36. The van der Waals surface area contributed by atoms with Crippen LogP contribution >= 0.6 is 0 Å². The Morgan fingerprint density at radius 2 is 2.12 bits per heavy atom. The predicted octanol–water partition coefficient (Wildman–Crippen LogP) is 1.44. The van der Waals surface area contributed by atoms with Crippen LogP contribution in [0.3, 0.4) is 0 Å². The van der Waals surface area contributed by atoms with Crippen molar-refractivity contribution in [3.63, 3.8) is 0 Å². The van der Waals surface area contributed by atoms with Gasteiger partial charge < -0.3 is 15.9 Å². The van der Waals surface area contributed by atoms with Gasteiger partial charge in [-0.3, -0.25) is 0 Å². The van der Waals surface area contributed by atoms with Gasteiger partial charge in [-0.2, -0.15) is 0 Å². The molecule has 0 aliphatic heterocycles. The maximum atomic E-state index is 9.88. The topological polar surface area (TPSA) is 66.5 Å². The lowest BCUT2D eigenvalue weighted by atomic mass is 9.72. The van der Waals surface area contributed by atoms with Crippen LogP contribution in [0.2, 0.25) is 0 Å². The van der Waals surface area contributed by atoms with Gasteiger partial charge in [0, 0.05) is 0 Å². The summed E-state index contributed by atoms with van der Waals surface area (Å²) in [7, 11) is 0. The van der Waals surface area contributed by atoms with Gasteiger partial charge in [0.15, 0.2) is 0 Å². The highest BCUT2D eigenvalue weighted by atomic mass is 16.3. The number of hydrogen-bond donors (Lipinski definition) is 3. The van der Waals surface area contributed by atoms with Crippen LogP contribution in [0, 0.1) is 11.3 Å². The molecule has 1 aliphatic carbocycles. The summed E-state index contributed by atoms with van der Waals surface area (Å²) in [5, 5.41) is 18.8. The SMILES string of the molecule is CC(C)(C)C1CC=C([C@@H](O)[C@@H](N)CO)CC1. The standard InChI is InChI=1S/C13H25NO2/c1-13(2,3)10-6-4-9(5-7-10)12(16)11(14)8-15/h4,10-12,15-16H,5-8,14H2,1-3H3/t10?,11-,12+/m0/s1. The quantitative estimate of drug-likeness (QED) is 0.639. The van der Waals surface area contributed by atoms with E-state index in [-0.39, 0.29) is 6.61 Å². The summed E-state index contributed by atoms with van der Waals surface area (Å²) >= 11 is 0. The van der Waals surface area contributed by atoms with Crippen molar-refractivity contribution in [3.8, 4) is 0 Å². The molecule has 3 nitrogen and oxygen atoms in total. The Morgan fingerprint density at radius 1 is 1.50 bits per heavy atom. The number of nitrogens with two attached hydrogens (primary N) is 1. The molecule has 0 fully saturated rings. The van der Waals surface area contributed by atoms with E-state index < -0.39 is 12.1 Å². The van der Waals surface area contributed by atoms with Crippen LogP contribution in [0.25, 0.3) is 0 Å². The summed E-state index contributed by atoms with van der Waals surface area (Å²) in [6.45, 7) is 6.60. The zero-order valence-electron chi connectivity index (χ0n) is 10.6. The van der Waals surface area contributed by atoms with Crippen molar-refractivity contribution in [2.24, 2.45) is 17.1 Å². The van der Waals surface area contributed by atoms with Crippen LogP contribution in [0.15, 0.2) is 11.6 Å². The Morgan fingerprint density at radius 3 is 2.50 bits per heavy atom. The predicted molar refractivity (Wildman–Crippen MR) is 65.9 cm³/mol. The first-order valence-corrected chi connectivity index (χ1v) is 6.09. The molecule has 0 saturated heterocycles. The average molecular weight is 227 g/mol. The van der Waals surface area contributed by atoms with Crippen molar-refractivity contribution in [2.75, 3.05) is 6.61 Å². The third-order valence-electron chi connectivity index (χ3n) is 3.67. The Balaban J connectivity index is 2.59. The number of rotatable bonds is 3. The minimum Gasteiger partial charge on any atom is -0.395 e. The number of hydrogen-bond acceptors (Lipinski definition) is 3. The van der Waals surface area contributed by atoms with Gasteiger partial charge in [-0.15, -0.1) is 0 Å². The van der Waals surface area contributed by atoms with Gasteiger partial charge in [0.1, 0.15) is 0 Å². The fourth-order valence-electron chi connectivity index (χ4n) is 2.28. The van der Waals surface area contributed by atoms with Gasteiger partial charge in [-0.05, 0) is 36.2 Å². The summed E-state index contributed by atoms with van der Waals surface area (Å²) in [6, 6.07) is -0.544. The summed E-state index contributed by atoms with van der Waals surface area (Å²) in [6.07, 6.45) is 4.44. The highest BCUT2D eigenvalue weighted by Crippen LogP contribution is 2.37. The Hall–Kier alpha value is -0.380. The molecule has 94 valence electrons. The smallest absolute Gasteiger partial charge is 0.0923 e. The first kappa shape index (κ1) is 13.7. The van der Waals surface area contributed by atoms with Crippen molar-refractivity contribution in [1.29, 1.82) is 0 Å². The average Bonchev–Trinajstić information content (AvgIpc) is 2.26. The van der Waals surface area contributed by atoms with E-state index in [4.69, 9.17) is 10.8 Å². The van der Waals surface area contributed by atoms with Gasteiger partial charge >= 0.3 is 0 Å². The van der Waals surface area contributed by atoms with Gasteiger partial charge in [0.25, 0.3) is 0 Å². The molecule has 1 rings (SSSR count). The van der Waals surface area contributed by atoms with Gasteiger partial charge in [-0.25, -0.2) is 0 Å². The van der Waals surface area contributed by atoms with Crippen LogP contribution in [-0.2, 0) is 0 Å². The zero-order chi connectivity index (χ0) is 12.3. The van der Waals surface area contributed by atoms with Crippen molar-refractivity contribution >= 4 is 0 Å². The lowest BCUT2D eigenvalue weighted by Crippen LogP contribution is -2.40. The summed E-state index contributed by atoms with van der Waals surface area (Å²) < 4.78 is 0. The molecule has 0 heterocycles. The largest absolute Gasteiger partial charge is 0.395 e. The lowest BCUT2D eigenvalue weighted by Gasteiger charge is -2.34. The number of allylic oxidation sites excluding steroid dienone is 1. The van der Waals surface area contributed by atoms with E-state index in [1.54, 1.807) is 0 Å². The molecule has 0 aromatic heterocycles. The zero-order valence-corrected chi connectivity index (χ0v) is 10.6. The Labute approximate surface area is 98.4 Å². The van der Waals surface area contributed by atoms with E-state index in [0.717, 1.165) is 24.8 Å². The second-order valence-electron chi connectivity index (χ2n) is 5.91. The van der Waals surface area contributed by atoms with Gasteiger partial charge in [-0.1, -0.05) is 26.8 Å². The van der Waals surface area contributed by atoms with E-state index in [2.05, 4.69) is 26.8 Å². The van der Waals surface area contributed by atoms with Crippen molar-refractivity contribution in [2.45, 2.75) is 52.2 Å². The second-order valence-corrected chi connectivity index (χ2v) is 5.91. The molecule has 3 heteroatoms. The molecule has 0 bridgehead atoms. The molecular formula is C13H25NO2. The van der Waals surface area contributed by atoms with Crippen LogP contribution in [0.5, 0.6) is 0 Å². The fourth-order valence-corrected chi connectivity index (χ4v) is 2.28.